The third kappa shape index (κ3) is 1.26. The molecule has 1 atom stereocenters. The fraction of sp³-hybridized carbons (Fsp3) is 0.429. The smallest absolute Gasteiger partial charge is 0.0759 e. The molecule has 0 aliphatic heterocycles. The van der Waals surface area contributed by atoms with E-state index >= 15 is 0 Å². The van der Waals surface area contributed by atoms with Crippen molar-refractivity contribution in [2.75, 3.05) is 0 Å². The zero-order chi connectivity index (χ0) is 5.98. The second kappa shape index (κ2) is 2.21. The van der Waals surface area contributed by atoms with Gasteiger partial charge in [-0.05, 0) is 13.3 Å². The molecule has 0 amide bonds. The number of allylic oxidation sites excluding steroid dienone is 4. The van der Waals surface area contributed by atoms with Crippen molar-refractivity contribution in [2.45, 2.75) is 19.2 Å². The Hall–Kier alpha value is -0.455. The van der Waals surface area contributed by atoms with Crippen LogP contribution in [0.25, 0.3) is 0 Å². The van der Waals surface area contributed by atoms with Crippen LogP contribution < -0.4 is 0 Å². The third-order valence-electron chi connectivity index (χ3n) is 1.30. The zero-order valence-electron chi connectivity index (χ0n) is 5.09. The summed E-state index contributed by atoms with van der Waals surface area (Å²) in [5, 5.41) is 0. The van der Waals surface area contributed by atoms with Crippen molar-refractivity contribution < 1.29 is 0 Å². The molecule has 2 radical (unpaired) electrons. The average molecular weight is 104 g/mol. The molecule has 0 bridgehead atoms. The first-order valence-corrected chi connectivity index (χ1v) is 2.88. The van der Waals surface area contributed by atoms with Gasteiger partial charge >= 0.3 is 0 Å². The summed E-state index contributed by atoms with van der Waals surface area (Å²) in [6, 6.07) is 0. The molecule has 1 rings (SSSR count). The van der Waals surface area contributed by atoms with E-state index in [1.165, 1.54) is 5.57 Å². The van der Waals surface area contributed by atoms with Crippen LogP contribution >= 0.6 is 0 Å². The van der Waals surface area contributed by atoms with Gasteiger partial charge in [-0.15, -0.1) is 0 Å². The number of hydrogen-bond donors (Lipinski definition) is 0. The largest absolute Gasteiger partial charge is 0.0898 e. The average Bonchev–Trinajstić information content (AvgIpc) is 1.64. The van der Waals surface area contributed by atoms with E-state index in [0.717, 1.165) is 6.42 Å². The molecule has 0 N–H and O–H groups in total. The molecule has 0 saturated heterocycles. The van der Waals surface area contributed by atoms with Crippen molar-refractivity contribution in [3.8, 4) is 0 Å². The van der Waals surface area contributed by atoms with Gasteiger partial charge in [0.2, 0.25) is 0 Å². The van der Waals surface area contributed by atoms with Gasteiger partial charge in [-0.25, -0.2) is 0 Å². The predicted molar refractivity (Wildman–Crippen MR) is 37.0 cm³/mol. The van der Waals surface area contributed by atoms with E-state index in [0.29, 0.717) is 0 Å². The van der Waals surface area contributed by atoms with Crippen LogP contribution in [0.2, 0.25) is 5.82 Å². The van der Waals surface area contributed by atoms with Crippen LogP contribution in [0, 0.1) is 0 Å². The van der Waals surface area contributed by atoms with Crippen LogP contribution in [0.4, 0.5) is 0 Å². The summed E-state index contributed by atoms with van der Waals surface area (Å²) < 4.78 is 0. The number of hydrogen-bond acceptors (Lipinski definition) is 0. The van der Waals surface area contributed by atoms with Gasteiger partial charge in [0.1, 0.15) is 0 Å². The number of rotatable bonds is 0. The van der Waals surface area contributed by atoms with E-state index < -0.39 is 0 Å². The van der Waals surface area contributed by atoms with Crippen molar-refractivity contribution in [3.05, 3.63) is 23.8 Å². The van der Waals surface area contributed by atoms with Crippen LogP contribution in [-0.4, -0.2) is 7.85 Å². The standard InChI is InChI=1S/C7H9B/c1-6-3-2-4-7(8)5-6/h2-4,7H,5H2,1H3. The SMILES string of the molecule is [B]C1C=CC=C(C)C1. The quantitative estimate of drug-likeness (QED) is 0.411. The molecule has 1 unspecified atom stereocenters. The van der Waals surface area contributed by atoms with Gasteiger partial charge < -0.3 is 0 Å². The third-order valence-corrected chi connectivity index (χ3v) is 1.30. The van der Waals surface area contributed by atoms with Crippen LogP contribution in [0.3, 0.4) is 0 Å². The highest BCUT2D eigenvalue weighted by atomic mass is 14.0. The molecular weight excluding hydrogens is 94.9 g/mol. The minimum Gasteiger partial charge on any atom is -0.0898 e. The van der Waals surface area contributed by atoms with Gasteiger partial charge in [0.25, 0.3) is 0 Å². The summed E-state index contributed by atoms with van der Waals surface area (Å²) in [6.45, 7) is 2.10. The fourth-order valence-electron chi connectivity index (χ4n) is 0.870. The molecule has 0 fully saturated rings. The molecule has 40 valence electrons. The maximum atomic E-state index is 5.60. The first-order valence-electron chi connectivity index (χ1n) is 2.88. The van der Waals surface area contributed by atoms with E-state index in [9.17, 15) is 0 Å². The fourth-order valence-corrected chi connectivity index (χ4v) is 0.870. The van der Waals surface area contributed by atoms with Crippen molar-refractivity contribution >= 4 is 7.85 Å². The summed E-state index contributed by atoms with van der Waals surface area (Å²) in [5.41, 5.74) is 1.38. The first-order chi connectivity index (χ1) is 3.79. The maximum absolute atomic E-state index is 5.60. The van der Waals surface area contributed by atoms with Crippen molar-refractivity contribution in [2.24, 2.45) is 0 Å². The topological polar surface area (TPSA) is 0 Å². The molecule has 1 aliphatic rings. The molecule has 8 heavy (non-hydrogen) atoms. The van der Waals surface area contributed by atoms with E-state index in [2.05, 4.69) is 13.0 Å². The van der Waals surface area contributed by atoms with Crippen LogP contribution in [0.5, 0.6) is 0 Å². The summed E-state index contributed by atoms with van der Waals surface area (Å²) in [5.74, 6) is 0.264. The lowest BCUT2D eigenvalue weighted by atomic mass is 9.80. The highest BCUT2D eigenvalue weighted by molar-refractivity contribution is 6.13. The van der Waals surface area contributed by atoms with Gasteiger partial charge in [-0.3, -0.25) is 0 Å². The van der Waals surface area contributed by atoms with Crippen LogP contribution in [0.15, 0.2) is 23.8 Å². The maximum Gasteiger partial charge on any atom is 0.0759 e. The predicted octanol–water partition coefficient (Wildman–Crippen LogP) is 1.85. The highest BCUT2D eigenvalue weighted by Gasteiger charge is 1.99. The molecule has 0 saturated carbocycles. The normalized spacial score (nSPS) is 27.6. The Balaban J connectivity index is 2.59. The molecule has 0 aromatic rings. The Labute approximate surface area is 51.7 Å². The lowest BCUT2D eigenvalue weighted by molar-refractivity contribution is 0.956. The summed E-state index contributed by atoms with van der Waals surface area (Å²) in [6.07, 6.45) is 7.16. The molecule has 0 aromatic carbocycles. The second-order valence-electron chi connectivity index (χ2n) is 2.27. The Kier molecular flexibility index (Phi) is 1.57. The van der Waals surface area contributed by atoms with E-state index in [4.69, 9.17) is 7.85 Å². The monoisotopic (exact) mass is 104 g/mol. The lowest BCUT2D eigenvalue weighted by Gasteiger charge is -2.09. The molecule has 1 aliphatic carbocycles. The Morgan fingerprint density at radius 3 is 2.88 bits per heavy atom. The van der Waals surface area contributed by atoms with Gasteiger partial charge in [0.15, 0.2) is 0 Å². The Morgan fingerprint density at radius 1 is 1.75 bits per heavy atom. The van der Waals surface area contributed by atoms with Crippen LogP contribution in [-0.2, 0) is 0 Å². The van der Waals surface area contributed by atoms with Gasteiger partial charge in [-0.1, -0.05) is 29.6 Å². The summed E-state index contributed by atoms with van der Waals surface area (Å²) in [7, 11) is 5.60. The minimum atomic E-state index is 0.264. The summed E-state index contributed by atoms with van der Waals surface area (Å²) in [4.78, 5) is 0. The van der Waals surface area contributed by atoms with E-state index in [1.807, 2.05) is 12.2 Å². The lowest BCUT2D eigenvalue weighted by Crippen LogP contribution is -1.91. The summed E-state index contributed by atoms with van der Waals surface area (Å²) >= 11 is 0. The molecule has 0 aromatic heterocycles. The minimum absolute atomic E-state index is 0.264. The Bertz CT molecular complexity index is 133. The molecule has 1 heteroatoms. The van der Waals surface area contributed by atoms with E-state index in [1.54, 1.807) is 0 Å². The second-order valence-corrected chi connectivity index (χ2v) is 2.27. The molecule has 0 spiro atoms. The molecular formula is C7H9B. The molecule has 0 heterocycles. The van der Waals surface area contributed by atoms with Crippen molar-refractivity contribution in [3.63, 3.8) is 0 Å². The van der Waals surface area contributed by atoms with Crippen molar-refractivity contribution in [1.82, 2.24) is 0 Å². The van der Waals surface area contributed by atoms with Crippen LogP contribution in [0.1, 0.15) is 13.3 Å². The van der Waals surface area contributed by atoms with Gasteiger partial charge in [0.05, 0.1) is 7.85 Å². The van der Waals surface area contributed by atoms with Gasteiger partial charge in [-0.2, -0.15) is 0 Å². The highest BCUT2D eigenvalue weighted by Crippen LogP contribution is 2.18. The first kappa shape index (κ1) is 5.68. The zero-order valence-corrected chi connectivity index (χ0v) is 5.09. The van der Waals surface area contributed by atoms with Crippen molar-refractivity contribution in [1.29, 1.82) is 0 Å². The Morgan fingerprint density at radius 2 is 2.50 bits per heavy atom. The van der Waals surface area contributed by atoms with Gasteiger partial charge in [0, 0.05) is 0 Å². The molecule has 0 nitrogen and oxygen atoms in total. The van der Waals surface area contributed by atoms with E-state index in [-0.39, 0.29) is 5.82 Å².